The minimum absolute atomic E-state index is 0. The number of rotatable bonds is 30. The molecule has 768 valence electrons. The SMILES string of the molecule is CN[C@H](C(=O)OC(C)(C)C)[C@@H](C)OC(=O)C1CCC2C(C(=O)c3ccccc3)=CC=C12.C[C@@H](OC(=O)C1CCC2C(C(=O)c3ccccc3)=CC=C12)[C@H]([NH3+])C(=O)O.C[C@@H](OC(=O)[C@H]1CCC2C(C(=O)c3ccccc3)=CC=C21)[C@H]([NH3+])C(=O)O.C[C@H](C(=O)OC(C)(C)C)[C@@H](C)O.NC(CO)(CO)CO.O=C(C1=CC=C2C(C(=O)O)CCC12)c1ccccc1.O=C(C1=CC=C2C(C(=O)O)CCC12)c1ccccc1.[Cl-].[Cl-]. The fraction of sp³-hybridized carbons (Fsp3) is 0.418. The number of carbonyl (C=O) groups excluding carboxylic acids is 10. The van der Waals surface area contributed by atoms with Crippen LogP contribution in [0.4, 0.5) is 0 Å². The Bertz CT molecular complexity index is 5490. The number of ether oxygens (including phenoxy) is 5. The van der Waals surface area contributed by atoms with Crippen molar-refractivity contribution < 1.29 is 168 Å². The molecule has 0 radical (unpaired) electrons. The Morgan fingerprint density at radius 1 is 0.350 bits per heavy atom. The molecule has 0 aliphatic heterocycles. The number of aliphatic carboxylic acids is 4. The topological polar surface area (TPSA) is 540 Å². The number of aliphatic hydroxyl groups is 4. The summed E-state index contributed by atoms with van der Waals surface area (Å²) in [6, 6.07) is 42.8. The Kier molecular flexibility index (Phi) is 43.5. The Morgan fingerprint density at radius 3 is 0.762 bits per heavy atom. The zero-order chi connectivity index (χ0) is 104. The summed E-state index contributed by atoms with van der Waals surface area (Å²) in [5, 5.41) is 73.2. The first kappa shape index (κ1) is 117. The van der Waals surface area contributed by atoms with Crippen molar-refractivity contribution in [3.8, 4) is 0 Å². The Balaban J connectivity index is 0.000000232. The van der Waals surface area contributed by atoms with Gasteiger partial charge in [0.05, 0.1) is 67.0 Å². The van der Waals surface area contributed by atoms with Crippen molar-refractivity contribution in [2.75, 3.05) is 26.9 Å². The average Bonchev–Trinajstić information content (AvgIpc) is 1.65. The summed E-state index contributed by atoms with van der Waals surface area (Å²) in [4.78, 5) is 169. The molecule has 0 bridgehead atoms. The Morgan fingerprint density at radius 2 is 0.566 bits per heavy atom. The molecular weight excluding hydrogens is 1880 g/mol. The van der Waals surface area contributed by atoms with Gasteiger partial charge >= 0.3 is 53.7 Å². The lowest BCUT2D eigenvalue weighted by atomic mass is 9.90. The summed E-state index contributed by atoms with van der Waals surface area (Å²) < 4.78 is 26.8. The van der Waals surface area contributed by atoms with Crippen LogP contribution in [-0.4, -0.2) is 210 Å². The third kappa shape index (κ3) is 30.5. The number of halogens is 2. The largest absolute Gasteiger partial charge is 1.00 e. The lowest BCUT2D eigenvalue weighted by molar-refractivity contribution is -0.423. The van der Waals surface area contributed by atoms with E-state index in [1.807, 2.05) is 127 Å². The maximum atomic E-state index is 12.9. The molecule has 33 heteroatoms. The first-order valence-corrected chi connectivity index (χ1v) is 47.4. The van der Waals surface area contributed by atoms with E-state index in [0.717, 1.165) is 63.8 Å². The highest BCUT2D eigenvalue weighted by molar-refractivity contribution is 6.13. The van der Waals surface area contributed by atoms with E-state index in [4.69, 9.17) is 70.3 Å². The second-order valence-corrected chi connectivity index (χ2v) is 38.5. The van der Waals surface area contributed by atoms with Gasteiger partial charge in [0.1, 0.15) is 23.3 Å². The highest BCUT2D eigenvalue weighted by Gasteiger charge is 2.48. The van der Waals surface area contributed by atoms with Crippen LogP contribution in [0.5, 0.6) is 0 Å². The number of fused-ring (bicyclic) bond motifs is 5. The summed E-state index contributed by atoms with van der Waals surface area (Å²) in [5.74, 6) is -8.55. The van der Waals surface area contributed by atoms with Crippen LogP contribution in [0, 0.1) is 65.1 Å². The molecule has 10 aliphatic carbocycles. The third-order valence-corrected chi connectivity index (χ3v) is 26.4. The summed E-state index contributed by atoms with van der Waals surface area (Å²) >= 11 is 0. The lowest BCUT2D eigenvalue weighted by Crippen LogP contribution is -3.00. The van der Waals surface area contributed by atoms with Crippen LogP contribution in [-0.2, 0) is 66.8 Å². The first-order valence-electron chi connectivity index (χ1n) is 47.4. The molecule has 31 nitrogen and oxygen atoms in total. The van der Waals surface area contributed by atoms with Gasteiger partial charge in [-0.2, -0.15) is 0 Å². The maximum Gasteiger partial charge on any atom is 0.366 e. The normalized spacial score (nSPS) is 22.0. The van der Waals surface area contributed by atoms with Crippen molar-refractivity contribution in [1.82, 2.24) is 5.32 Å². The van der Waals surface area contributed by atoms with E-state index in [-0.39, 0.29) is 95.3 Å². The Hall–Kier alpha value is -12.7. The van der Waals surface area contributed by atoms with Gasteiger partial charge in [0.15, 0.2) is 41.1 Å². The molecule has 5 saturated carbocycles. The van der Waals surface area contributed by atoms with E-state index in [1.165, 1.54) is 13.8 Å². The molecule has 10 aliphatic rings. The van der Waals surface area contributed by atoms with Gasteiger partial charge in [-0.3, -0.25) is 57.5 Å². The number of carbonyl (C=O) groups is 14. The monoisotopic (exact) mass is 2010 g/mol. The Labute approximate surface area is 844 Å². The maximum absolute atomic E-state index is 12.9. The molecule has 0 spiro atoms. The molecule has 5 fully saturated rings. The van der Waals surface area contributed by atoms with Crippen molar-refractivity contribution in [1.29, 1.82) is 0 Å². The lowest BCUT2D eigenvalue weighted by Gasteiger charge is -2.27. The smallest absolute Gasteiger partial charge is 0.366 e. The van der Waals surface area contributed by atoms with Crippen molar-refractivity contribution in [3.05, 3.63) is 296 Å². The number of esters is 5. The van der Waals surface area contributed by atoms with E-state index < -0.39 is 156 Å². The number of nitrogens with one attached hydrogen (secondary N) is 1. The van der Waals surface area contributed by atoms with Crippen molar-refractivity contribution >= 4 is 82.6 Å². The fourth-order valence-electron chi connectivity index (χ4n) is 18.2. The number of hydrogen-bond acceptors (Lipinski definition) is 25. The highest BCUT2D eigenvalue weighted by Crippen LogP contribution is 2.51. The standard InChI is InChI=1S/C25H31NO5.2C20H21NO5.2C16H14O3.C9H18O3.C4H11NO3.2ClH/c1-15(21(26-5)24(29)31-25(2,3)4)30-23(28)20-14-12-17-18(20)11-13-19(17)22(27)16-9-7-6-8-10-16;2*1-11(17(21)19(23)24)26-20(25)16-10-8-13-14(16)7-9-15(13)18(22)12-5-3-2-4-6-12;2*17-15(10-4-2-1-3-5-10)13-8-6-12-11(13)7-9-14(12)16(18)19;1-6(7(2)10)8(11)12-9(3,4)5;5-4(1-6,2-7)3-8;;/h6-11,13,15,17,20-21,26H,12,14H2,1-5H3;2*2-7,9,11,13,16-17H,8,10,21H2,1H3,(H,23,24);2*1-6,8,11,14H,7,9H2,(H,18,19);6-7,10H,1-5H3;6-8H,1-3,5H2;2*1H/t15-,17?,20?,21+;11-,13?,16?,17+;11-,13?,16+,17+;;;6-,7+;;;/m111..0.../s1. The van der Waals surface area contributed by atoms with Gasteiger partial charge in [0.25, 0.3) is 0 Å². The number of ketones is 5. The molecule has 15 rings (SSSR count). The molecule has 9 unspecified atom stereocenters. The predicted octanol–water partition coefficient (Wildman–Crippen LogP) is 5.11. The molecule has 0 aromatic heterocycles. The zero-order valence-corrected chi connectivity index (χ0v) is 83.9. The minimum Gasteiger partial charge on any atom is -1.00 e. The van der Waals surface area contributed by atoms with E-state index in [9.17, 15) is 67.1 Å². The second kappa shape index (κ2) is 53.1. The van der Waals surface area contributed by atoms with Crippen molar-refractivity contribution in [3.63, 3.8) is 0 Å². The number of quaternary nitrogens is 2. The van der Waals surface area contributed by atoms with Crippen LogP contribution in [0.2, 0.25) is 0 Å². The third-order valence-electron chi connectivity index (χ3n) is 26.4. The van der Waals surface area contributed by atoms with Crippen LogP contribution in [0.25, 0.3) is 0 Å². The quantitative estimate of drug-likeness (QED) is 0.0161. The molecule has 0 saturated heterocycles. The van der Waals surface area contributed by atoms with Gasteiger partial charge in [-0.1, -0.05) is 212 Å². The molecule has 0 amide bonds. The minimum atomic E-state index is -1.21. The van der Waals surface area contributed by atoms with Gasteiger partial charge in [-0.25, -0.2) is 9.59 Å². The van der Waals surface area contributed by atoms with Crippen LogP contribution in [0.1, 0.15) is 192 Å². The predicted molar refractivity (Wildman–Crippen MR) is 520 cm³/mol. The highest BCUT2D eigenvalue weighted by atomic mass is 35.5. The molecular formula is C110H132Cl2N4O27. The summed E-state index contributed by atoms with van der Waals surface area (Å²) in [6.07, 6.45) is 22.0. The average molecular weight is 2010 g/mol. The van der Waals surface area contributed by atoms with Gasteiger partial charge in [0, 0.05) is 85.3 Å². The van der Waals surface area contributed by atoms with E-state index >= 15 is 0 Å². The summed E-state index contributed by atoms with van der Waals surface area (Å²) in [5.41, 5.74) is 21.2. The number of Topliss-reactive ketones (excluding diaryl/α,β-unsaturated/α-hetero) is 5. The number of benzene rings is 5. The second-order valence-electron chi connectivity index (χ2n) is 38.5. The molecule has 18 atom stereocenters. The molecule has 5 aromatic rings. The molecule has 17 N–H and O–H groups in total. The van der Waals surface area contributed by atoms with Gasteiger partial charge < -0.3 is 112 Å². The number of aliphatic hydroxyl groups excluding tert-OH is 4. The number of carboxylic acids is 4. The molecule has 143 heavy (non-hydrogen) atoms. The van der Waals surface area contributed by atoms with Crippen LogP contribution in [0.3, 0.4) is 0 Å². The fourth-order valence-corrected chi connectivity index (χ4v) is 18.2. The van der Waals surface area contributed by atoms with E-state index in [1.54, 1.807) is 154 Å². The molecule has 0 heterocycles. The van der Waals surface area contributed by atoms with Gasteiger partial charge in [-0.05, 0) is 175 Å². The number of likely N-dealkylation sites (N-methyl/N-ethyl adjacent to an activating group) is 1. The van der Waals surface area contributed by atoms with Crippen LogP contribution >= 0.6 is 0 Å². The summed E-state index contributed by atoms with van der Waals surface area (Å²) in [6.45, 7) is 17.6. The first-order chi connectivity index (χ1) is 66.7. The summed E-state index contributed by atoms with van der Waals surface area (Å²) in [7, 11) is 1.63. The number of allylic oxidation sites excluding steroid dienone is 15. The van der Waals surface area contributed by atoms with Gasteiger partial charge in [0.2, 0.25) is 12.1 Å². The van der Waals surface area contributed by atoms with Crippen molar-refractivity contribution in [2.45, 2.75) is 200 Å². The number of nitrogens with two attached hydrogens (primary N) is 1. The van der Waals surface area contributed by atoms with Gasteiger partial charge in [-0.15, -0.1) is 0 Å². The number of carboxylic acid groups (broad SMARTS) is 4. The van der Waals surface area contributed by atoms with Crippen molar-refractivity contribution in [2.24, 2.45) is 70.8 Å². The van der Waals surface area contributed by atoms with Crippen LogP contribution in [0.15, 0.2) is 268 Å². The zero-order valence-electron chi connectivity index (χ0n) is 82.4. The van der Waals surface area contributed by atoms with E-state index in [0.29, 0.717) is 83.9 Å². The van der Waals surface area contributed by atoms with Crippen LogP contribution < -0.4 is 47.3 Å². The van der Waals surface area contributed by atoms with E-state index in [2.05, 4.69) is 16.8 Å². The molecule has 5 aromatic carbocycles. The number of hydrogen-bond donors (Lipinski definition) is 12.